The van der Waals surface area contributed by atoms with Gasteiger partial charge in [0.15, 0.2) is 6.10 Å². The highest BCUT2D eigenvalue weighted by Crippen LogP contribution is 2.22. The van der Waals surface area contributed by atoms with Crippen molar-refractivity contribution in [1.29, 1.82) is 0 Å². The summed E-state index contributed by atoms with van der Waals surface area (Å²) in [6, 6.07) is 15.5. The minimum absolute atomic E-state index is 0.0355. The molecule has 2 aromatic rings. The second kappa shape index (κ2) is 8.39. The quantitative estimate of drug-likeness (QED) is 0.776. The lowest BCUT2D eigenvalue weighted by molar-refractivity contribution is -0.138. The fraction of sp³-hybridized carbons (Fsp3) is 0.350. The van der Waals surface area contributed by atoms with Crippen LogP contribution in [0.5, 0.6) is 11.5 Å². The van der Waals surface area contributed by atoms with E-state index in [1.54, 1.807) is 19.1 Å². The summed E-state index contributed by atoms with van der Waals surface area (Å²) < 4.78 is 11.3. The molecule has 0 spiro atoms. The van der Waals surface area contributed by atoms with Crippen molar-refractivity contribution in [2.24, 2.45) is 0 Å². The molecule has 0 saturated carbocycles. The Morgan fingerprint density at radius 1 is 1.08 bits per heavy atom. The van der Waals surface area contributed by atoms with Gasteiger partial charge in [-0.05, 0) is 31.0 Å². The number of aryl methyl sites for hydroxylation is 1. The number of likely N-dealkylation sites (N-methyl/N-ethyl adjacent to an activating group) is 1. The van der Waals surface area contributed by atoms with Crippen molar-refractivity contribution in [3.8, 4) is 11.5 Å². The van der Waals surface area contributed by atoms with Crippen LogP contribution in [0.25, 0.3) is 0 Å². The molecular formula is C20H25NO3. The van der Waals surface area contributed by atoms with E-state index in [0.717, 1.165) is 22.6 Å². The van der Waals surface area contributed by atoms with Crippen molar-refractivity contribution < 1.29 is 14.3 Å². The molecule has 0 heterocycles. The Kier molecular flexibility index (Phi) is 6.24. The topological polar surface area (TPSA) is 38.8 Å². The molecule has 0 bridgehead atoms. The predicted molar refractivity (Wildman–Crippen MR) is 95.4 cm³/mol. The number of rotatable bonds is 7. The summed E-state index contributed by atoms with van der Waals surface area (Å²) >= 11 is 0. The third kappa shape index (κ3) is 4.28. The summed E-state index contributed by atoms with van der Waals surface area (Å²) in [7, 11) is 3.43. The summed E-state index contributed by atoms with van der Waals surface area (Å²) in [5.41, 5.74) is 2.00. The standard InChI is InChI=1S/C20H25NO3/c1-5-17(24-18-12-8-6-10-15(18)2)20(22)21(3)14-16-11-7-9-13-19(16)23-4/h6-13,17H,5,14H2,1-4H3. The highest BCUT2D eigenvalue weighted by atomic mass is 16.5. The molecule has 1 atom stereocenters. The van der Waals surface area contributed by atoms with Gasteiger partial charge in [-0.3, -0.25) is 4.79 Å². The molecule has 2 rings (SSSR count). The molecule has 128 valence electrons. The van der Waals surface area contributed by atoms with Crippen LogP contribution in [-0.4, -0.2) is 31.1 Å². The summed E-state index contributed by atoms with van der Waals surface area (Å²) in [6.45, 7) is 4.42. The number of methoxy groups -OCH3 is 1. The molecule has 0 aliphatic heterocycles. The molecule has 2 aromatic carbocycles. The molecule has 0 aromatic heterocycles. The van der Waals surface area contributed by atoms with Crippen LogP contribution >= 0.6 is 0 Å². The molecule has 1 unspecified atom stereocenters. The Hall–Kier alpha value is -2.49. The van der Waals surface area contributed by atoms with Crippen LogP contribution in [0.1, 0.15) is 24.5 Å². The van der Waals surface area contributed by atoms with E-state index in [0.29, 0.717) is 13.0 Å². The fourth-order valence-corrected chi connectivity index (χ4v) is 2.56. The summed E-state index contributed by atoms with van der Waals surface area (Å²) in [6.07, 6.45) is 0.120. The molecule has 0 saturated heterocycles. The highest BCUT2D eigenvalue weighted by molar-refractivity contribution is 5.81. The zero-order valence-corrected chi connectivity index (χ0v) is 14.8. The predicted octanol–water partition coefficient (Wildman–Crippen LogP) is 3.82. The Balaban J connectivity index is 2.08. The van der Waals surface area contributed by atoms with E-state index < -0.39 is 6.10 Å². The lowest BCUT2D eigenvalue weighted by Gasteiger charge is -2.25. The zero-order chi connectivity index (χ0) is 17.5. The third-order valence-electron chi connectivity index (χ3n) is 3.99. The van der Waals surface area contributed by atoms with E-state index in [-0.39, 0.29) is 5.91 Å². The van der Waals surface area contributed by atoms with Crippen molar-refractivity contribution in [2.45, 2.75) is 32.9 Å². The second-order valence-corrected chi connectivity index (χ2v) is 5.79. The number of carbonyl (C=O) groups excluding carboxylic acids is 1. The lowest BCUT2D eigenvalue weighted by atomic mass is 10.1. The maximum absolute atomic E-state index is 12.8. The number of ether oxygens (including phenoxy) is 2. The summed E-state index contributed by atoms with van der Waals surface area (Å²) in [5, 5.41) is 0. The largest absolute Gasteiger partial charge is 0.496 e. The number of hydrogen-bond acceptors (Lipinski definition) is 3. The van der Waals surface area contributed by atoms with Gasteiger partial charge in [-0.15, -0.1) is 0 Å². The third-order valence-corrected chi connectivity index (χ3v) is 3.99. The highest BCUT2D eigenvalue weighted by Gasteiger charge is 2.23. The van der Waals surface area contributed by atoms with Crippen LogP contribution in [0.2, 0.25) is 0 Å². The molecule has 0 fully saturated rings. The van der Waals surface area contributed by atoms with E-state index in [1.165, 1.54) is 0 Å². The Labute approximate surface area is 144 Å². The van der Waals surface area contributed by atoms with E-state index in [9.17, 15) is 4.79 Å². The summed E-state index contributed by atoms with van der Waals surface area (Å²) in [5.74, 6) is 1.50. The van der Waals surface area contributed by atoms with Crippen LogP contribution in [-0.2, 0) is 11.3 Å². The van der Waals surface area contributed by atoms with Crippen molar-refractivity contribution in [3.05, 3.63) is 59.7 Å². The average molecular weight is 327 g/mol. The van der Waals surface area contributed by atoms with Crippen LogP contribution in [0.4, 0.5) is 0 Å². The molecule has 0 aliphatic rings. The lowest BCUT2D eigenvalue weighted by Crippen LogP contribution is -2.39. The van der Waals surface area contributed by atoms with Gasteiger partial charge in [0.2, 0.25) is 0 Å². The van der Waals surface area contributed by atoms with Crippen molar-refractivity contribution in [1.82, 2.24) is 4.90 Å². The van der Waals surface area contributed by atoms with Crippen LogP contribution < -0.4 is 9.47 Å². The van der Waals surface area contributed by atoms with Crippen molar-refractivity contribution in [3.63, 3.8) is 0 Å². The minimum atomic E-state index is -0.495. The van der Waals surface area contributed by atoms with Crippen molar-refractivity contribution in [2.75, 3.05) is 14.2 Å². The average Bonchev–Trinajstić information content (AvgIpc) is 2.61. The van der Waals surface area contributed by atoms with Crippen LogP contribution in [0.15, 0.2) is 48.5 Å². The SMILES string of the molecule is CCC(Oc1ccccc1C)C(=O)N(C)Cc1ccccc1OC. The Morgan fingerprint density at radius 3 is 2.33 bits per heavy atom. The smallest absolute Gasteiger partial charge is 0.263 e. The van der Waals surface area contributed by atoms with Gasteiger partial charge in [0.05, 0.1) is 7.11 Å². The number of carbonyl (C=O) groups is 1. The van der Waals surface area contributed by atoms with Gasteiger partial charge in [0, 0.05) is 19.2 Å². The number of nitrogens with zero attached hydrogens (tertiary/aromatic N) is 1. The van der Waals surface area contributed by atoms with Crippen molar-refractivity contribution >= 4 is 5.91 Å². The number of para-hydroxylation sites is 2. The number of hydrogen-bond donors (Lipinski definition) is 0. The van der Waals surface area contributed by atoms with Crippen LogP contribution in [0, 0.1) is 6.92 Å². The number of benzene rings is 2. The van der Waals surface area contributed by atoms with Gasteiger partial charge in [-0.25, -0.2) is 0 Å². The molecule has 24 heavy (non-hydrogen) atoms. The van der Waals surface area contributed by atoms with Gasteiger partial charge in [0.25, 0.3) is 5.91 Å². The number of amides is 1. The molecule has 1 amide bonds. The van der Waals surface area contributed by atoms with Gasteiger partial charge < -0.3 is 14.4 Å². The summed E-state index contributed by atoms with van der Waals surface area (Å²) in [4.78, 5) is 14.4. The molecule has 0 radical (unpaired) electrons. The first kappa shape index (κ1) is 17.9. The van der Waals surface area contributed by atoms with E-state index in [2.05, 4.69) is 0 Å². The fourth-order valence-electron chi connectivity index (χ4n) is 2.56. The minimum Gasteiger partial charge on any atom is -0.496 e. The molecule has 4 nitrogen and oxygen atoms in total. The Morgan fingerprint density at radius 2 is 1.71 bits per heavy atom. The Bertz CT molecular complexity index is 684. The maximum atomic E-state index is 12.8. The first-order chi connectivity index (χ1) is 11.6. The maximum Gasteiger partial charge on any atom is 0.263 e. The first-order valence-electron chi connectivity index (χ1n) is 8.16. The van der Waals surface area contributed by atoms with Gasteiger partial charge in [-0.2, -0.15) is 0 Å². The zero-order valence-electron chi connectivity index (χ0n) is 14.8. The normalized spacial score (nSPS) is 11.7. The molecule has 0 aliphatic carbocycles. The van der Waals surface area contributed by atoms with Crippen LogP contribution in [0.3, 0.4) is 0 Å². The van der Waals surface area contributed by atoms with Gasteiger partial charge in [-0.1, -0.05) is 43.3 Å². The van der Waals surface area contributed by atoms with Gasteiger partial charge in [0.1, 0.15) is 11.5 Å². The van der Waals surface area contributed by atoms with Gasteiger partial charge >= 0.3 is 0 Å². The second-order valence-electron chi connectivity index (χ2n) is 5.79. The molecular weight excluding hydrogens is 302 g/mol. The monoisotopic (exact) mass is 327 g/mol. The molecule has 4 heteroatoms. The van der Waals surface area contributed by atoms with E-state index >= 15 is 0 Å². The van der Waals surface area contributed by atoms with E-state index in [4.69, 9.17) is 9.47 Å². The molecule has 0 N–H and O–H groups in total. The first-order valence-corrected chi connectivity index (χ1v) is 8.16. The van der Waals surface area contributed by atoms with E-state index in [1.807, 2.05) is 62.4 Å².